The Hall–Kier alpha value is -0.770. The number of hydrogen-bond acceptors (Lipinski definition) is 3. The van der Waals surface area contributed by atoms with Crippen LogP contribution in [0.3, 0.4) is 0 Å². The van der Waals surface area contributed by atoms with E-state index in [0.717, 1.165) is 4.91 Å². The number of allylic oxidation sites excluding steroid dienone is 1. The molecule has 1 amide bonds. The quantitative estimate of drug-likeness (QED) is 0.409. The van der Waals surface area contributed by atoms with Crippen molar-refractivity contribution in [2.75, 3.05) is 7.05 Å². The summed E-state index contributed by atoms with van der Waals surface area (Å²) < 4.78 is 0. The van der Waals surface area contributed by atoms with Gasteiger partial charge in [-0.25, -0.2) is 0 Å². The first kappa shape index (κ1) is 9.32. The predicted molar refractivity (Wildman–Crippen MR) is 52.0 cm³/mol. The van der Waals surface area contributed by atoms with E-state index >= 15 is 0 Å². The van der Waals surface area contributed by atoms with E-state index in [2.05, 4.69) is 16.9 Å². The number of amides is 1. The Kier molecular flexibility index (Phi) is 3.34. The fourth-order valence-electron chi connectivity index (χ4n) is 0.803. The molecular formula is C8H12N2OS. The first-order chi connectivity index (χ1) is 5.77. The Bertz CT molecular complexity index is 221. The molecule has 0 unspecified atom stereocenters. The van der Waals surface area contributed by atoms with Crippen LogP contribution in [0.2, 0.25) is 0 Å². The molecule has 1 rings (SSSR count). The summed E-state index contributed by atoms with van der Waals surface area (Å²) in [5.74, 6) is 0.639. The van der Waals surface area contributed by atoms with Crippen molar-refractivity contribution in [3.8, 4) is 0 Å². The molecule has 0 radical (unpaired) electrons. The van der Waals surface area contributed by atoms with Crippen LogP contribution in [0.5, 0.6) is 0 Å². The van der Waals surface area contributed by atoms with E-state index in [4.69, 9.17) is 0 Å². The van der Waals surface area contributed by atoms with Crippen molar-refractivity contribution in [2.24, 2.45) is 10.9 Å². The van der Waals surface area contributed by atoms with Gasteiger partial charge in [-0.15, -0.1) is 0 Å². The van der Waals surface area contributed by atoms with Gasteiger partial charge in [0.1, 0.15) is 0 Å². The molecule has 1 aliphatic carbocycles. The van der Waals surface area contributed by atoms with Crippen LogP contribution in [0.25, 0.3) is 0 Å². The predicted octanol–water partition coefficient (Wildman–Crippen LogP) is 1.38. The van der Waals surface area contributed by atoms with Crippen LogP contribution < -0.4 is 5.32 Å². The van der Waals surface area contributed by atoms with Gasteiger partial charge in [-0.1, -0.05) is 18.3 Å². The zero-order valence-electron chi connectivity index (χ0n) is 7.04. The third kappa shape index (κ3) is 2.70. The number of thioether (sulfide) groups is 1. The van der Waals surface area contributed by atoms with Crippen LogP contribution in [0.1, 0.15) is 12.8 Å². The molecule has 1 aliphatic rings. The van der Waals surface area contributed by atoms with Crippen LogP contribution >= 0.6 is 11.8 Å². The van der Waals surface area contributed by atoms with Gasteiger partial charge in [-0.05, 0) is 23.7 Å². The summed E-state index contributed by atoms with van der Waals surface area (Å²) in [5, 5.41) is 3.14. The lowest BCUT2D eigenvalue weighted by Gasteiger charge is -2.03. The average molecular weight is 184 g/mol. The summed E-state index contributed by atoms with van der Waals surface area (Å²) in [7, 11) is 1.65. The number of carbonyl (C=O) groups excluding carboxylic acids is 1. The summed E-state index contributed by atoms with van der Waals surface area (Å²) in [4.78, 5) is 15.1. The molecule has 12 heavy (non-hydrogen) atoms. The van der Waals surface area contributed by atoms with Crippen molar-refractivity contribution in [1.29, 1.82) is 0 Å². The lowest BCUT2D eigenvalue weighted by molar-refractivity contribution is -0.108. The van der Waals surface area contributed by atoms with Crippen LogP contribution in [-0.2, 0) is 4.79 Å². The standard InChI is InChI=1S/C8H12N2OS/c1-6(7-3-4-7)12-8(9-2)10-5-11/h5,7H,1,3-4H2,2H3,(H,9,10,11). The van der Waals surface area contributed by atoms with E-state index in [-0.39, 0.29) is 0 Å². The van der Waals surface area contributed by atoms with Gasteiger partial charge in [-0.2, -0.15) is 0 Å². The van der Waals surface area contributed by atoms with Crippen molar-refractivity contribution >= 4 is 23.3 Å². The second-order valence-corrected chi connectivity index (χ2v) is 3.75. The first-order valence-electron chi connectivity index (χ1n) is 3.81. The van der Waals surface area contributed by atoms with Crippen LogP contribution in [0.15, 0.2) is 16.5 Å². The number of nitrogens with zero attached hydrogens (tertiary/aromatic N) is 1. The molecule has 1 N–H and O–H groups in total. The summed E-state index contributed by atoms with van der Waals surface area (Å²) in [5.41, 5.74) is 0. The fourth-order valence-corrected chi connectivity index (χ4v) is 1.65. The smallest absolute Gasteiger partial charge is 0.213 e. The molecule has 0 spiro atoms. The van der Waals surface area contributed by atoms with E-state index in [1.165, 1.54) is 24.6 Å². The van der Waals surface area contributed by atoms with Crippen LogP contribution in [-0.4, -0.2) is 18.6 Å². The summed E-state index contributed by atoms with van der Waals surface area (Å²) in [6.45, 7) is 3.91. The summed E-state index contributed by atoms with van der Waals surface area (Å²) in [6, 6.07) is 0. The number of aliphatic imine (C=N–C) groups is 1. The van der Waals surface area contributed by atoms with Crippen molar-refractivity contribution in [2.45, 2.75) is 12.8 Å². The lowest BCUT2D eigenvalue weighted by atomic mass is 10.4. The minimum absolute atomic E-state index is 0.627. The molecule has 3 nitrogen and oxygen atoms in total. The number of nitrogens with one attached hydrogen (secondary N) is 1. The van der Waals surface area contributed by atoms with Crippen molar-refractivity contribution in [3.63, 3.8) is 0 Å². The highest BCUT2D eigenvalue weighted by Crippen LogP contribution is 2.41. The molecule has 4 heteroatoms. The molecule has 0 aromatic heterocycles. The van der Waals surface area contributed by atoms with E-state index in [1.54, 1.807) is 7.05 Å². The van der Waals surface area contributed by atoms with Crippen LogP contribution in [0, 0.1) is 5.92 Å². The fraction of sp³-hybridized carbons (Fsp3) is 0.500. The molecule has 1 saturated carbocycles. The highest BCUT2D eigenvalue weighted by atomic mass is 32.2. The number of hydrogen-bond donors (Lipinski definition) is 1. The Balaban J connectivity index is 2.35. The van der Waals surface area contributed by atoms with Gasteiger partial charge in [0.15, 0.2) is 5.17 Å². The third-order valence-electron chi connectivity index (χ3n) is 1.65. The van der Waals surface area contributed by atoms with E-state index in [0.29, 0.717) is 17.5 Å². The van der Waals surface area contributed by atoms with Gasteiger partial charge in [0.2, 0.25) is 6.41 Å². The molecule has 66 valence electrons. The van der Waals surface area contributed by atoms with Gasteiger partial charge in [0.25, 0.3) is 0 Å². The maximum atomic E-state index is 10.1. The largest absolute Gasteiger partial charge is 0.308 e. The molecule has 0 atom stereocenters. The molecule has 1 fully saturated rings. The normalized spacial score (nSPS) is 17.2. The van der Waals surface area contributed by atoms with Gasteiger partial charge in [-0.3, -0.25) is 9.79 Å². The maximum Gasteiger partial charge on any atom is 0.213 e. The SMILES string of the molecule is C=C(SC(=NC)NC=O)C1CC1. The van der Waals surface area contributed by atoms with Crippen molar-refractivity contribution < 1.29 is 4.79 Å². The topological polar surface area (TPSA) is 41.5 Å². The minimum Gasteiger partial charge on any atom is -0.308 e. The monoisotopic (exact) mass is 184 g/mol. The average Bonchev–Trinajstić information content (AvgIpc) is 2.85. The zero-order valence-corrected chi connectivity index (χ0v) is 7.86. The van der Waals surface area contributed by atoms with E-state index in [1.807, 2.05) is 0 Å². The molecule has 0 heterocycles. The summed E-state index contributed by atoms with van der Waals surface area (Å²) in [6.07, 6.45) is 3.09. The maximum absolute atomic E-state index is 10.1. The lowest BCUT2D eigenvalue weighted by Crippen LogP contribution is -2.17. The second kappa shape index (κ2) is 4.30. The second-order valence-electron chi connectivity index (χ2n) is 2.63. The number of carbonyl (C=O) groups is 1. The third-order valence-corrected chi connectivity index (χ3v) is 2.74. The minimum atomic E-state index is 0.627. The number of rotatable bonds is 3. The van der Waals surface area contributed by atoms with Gasteiger partial charge < -0.3 is 5.32 Å². The van der Waals surface area contributed by atoms with Crippen molar-refractivity contribution in [1.82, 2.24) is 5.32 Å². The Morgan fingerprint density at radius 3 is 2.83 bits per heavy atom. The zero-order chi connectivity index (χ0) is 8.97. The van der Waals surface area contributed by atoms with Crippen LogP contribution in [0.4, 0.5) is 0 Å². The highest BCUT2D eigenvalue weighted by molar-refractivity contribution is 8.17. The van der Waals surface area contributed by atoms with Gasteiger partial charge in [0.05, 0.1) is 0 Å². The Labute approximate surface area is 76.3 Å². The Morgan fingerprint density at radius 1 is 1.75 bits per heavy atom. The Morgan fingerprint density at radius 2 is 2.42 bits per heavy atom. The van der Waals surface area contributed by atoms with Gasteiger partial charge in [0, 0.05) is 7.05 Å². The molecule has 0 aromatic carbocycles. The number of amidine groups is 1. The van der Waals surface area contributed by atoms with E-state index < -0.39 is 0 Å². The molecular weight excluding hydrogens is 172 g/mol. The highest BCUT2D eigenvalue weighted by Gasteiger charge is 2.25. The van der Waals surface area contributed by atoms with Gasteiger partial charge >= 0.3 is 0 Å². The molecule has 0 bridgehead atoms. The van der Waals surface area contributed by atoms with Crippen molar-refractivity contribution in [3.05, 3.63) is 11.5 Å². The first-order valence-corrected chi connectivity index (χ1v) is 4.63. The molecule has 0 aliphatic heterocycles. The summed E-state index contributed by atoms with van der Waals surface area (Å²) >= 11 is 1.45. The molecule has 0 aromatic rings. The molecule has 0 saturated heterocycles. The van der Waals surface area contributed by atoms with E-state index in [9.17, 15) is 4.79 Å².